The van der Waals surface area contributed by atoms with E-state index < -0.39 is 5.82 Å². The van der Waals surface area contributed by atoms with Gasteiger partial charge in [-0.15, -0.1) is 5.10 Å². The zero-order chi connectivity index (χ0) is 19.0. The van der Waals surface area contributed by atoms with Gasteiger partial charge in [-0.05, 0) is 63.3 Å². The van der Waals surface area contributed by atoms with Gasteiger partial charge in [0.15, 0.2) is 5.69 Å². The van der Waals surface area contributed by atoms with Crippen LogP contribution in [0.25, 0.3) is 5.69 Å². The van der Waals surface area contributed by atoms with Crippen molar-refractivity contribution in [3.63, 3.8) is 0 Å². The highest BCUT2D eigenvalue weighted by molar-refractivity contribution is 6.30. The van der Waals surface area contributed by atoms with Crippen molar-refractivity contribution >= 4 is 17.5 Å². The monoisotopic (exact) mass is 391 g/mol. The zero-order valence-electron chi connectivity index (χ0n) is 15.3. The Labute approximate surface area is 162 Å². The Hall–Kier alpha value is -1.99. The number of likely N-dealkylation sites (tertiary alicyclic amines) is 1. The second-order valence-corrected chi connectivity index (χ2v) is 7.86. The number of amides is 1. The summed E-state index contributed by atoms with van der Waals surface area (Å²) < 4.78 is 14.9. The fraction of sp³-hybridized carbons (Fsp3) is 0.526. The molecule has 0 atom stereocenters. The van der Waals surface area contributed by atoms with Crippen molar-refractivity contribution in [1.82, 2.24) is 25.2 Å². The Bertz CT molecular complexity index is 843. The first-order chi connectivity index (χ1) is 13.0. The first kappa shape index (κ1) is 18.4. The SMILES string of the molecule is Cc1c(C(=O)N2CCC(NCC3CC3)CC2)nnn1-c1ccc(F)c(Cl)c1. The van der Waals surface area contributed by atoms with Crippen LogP contribution < -0.4 is 5.32 Å². The molecule has 1 saturated carbocycles. The van der Waals surface area contributed by atoms with E-state index >= 15 is 0 Å². The number of piperidine rings is 1. The number of nitrogens with zero attached hydrogens (tertiary/aromatic N) is 4. The van der Waals surface area contributed by atoms with E-state index in [4.69, 9.17) is 11.6 Å². The van der Waals surface area contributed by atoms with Gasteiger partial charge < -0.3 is 10.2 Å². The van der Waals surface area contributed by atoms with Crippen LogP contribution in [-0.2, 0) is 0 Å². The van der Waals surface area contributed by atoms with Crippen LogP contribution in [0.2, 0.25) is 5.02 Å². The minimum absolute atomic E-state index is 0.0102. The smallest absolute Gasteiger partial charge is 0.276 e. The fourth-order valence-corrected chi connectivity index (χ4v) is 3.66. The van der Waals surface area contributed by atoms with Gasteiger partial charge in [0.1, 0.15) is 5.82 Å². The van der Waals surface area contributed by atoms with Gasteiger partial charge >= 0.3 is 0 Å². The highest BCUT2D eigenvalue weighted by Crippen LogP contribution is 2.28. The maximum Gasteiger partial charge on any atom is 0.276 e. The lowest BCUT2D eigenvalue weighted by Crippen LogP contribution is -2.45. The lowest BCUT2D eigenvalue weighted by atomic mass is 10.0. The van der Waals surface area contributed by atoms with Gasteiger partial charge in [0.25, 0.3) is 5.91 Å². The molecule has 6 nitrogen and oxygen atoms in total. The van der Waals surface area contributed by atoms with Crippen LogP contribution in [0.1, 0.15) is 41.9 Å². The van der Waals surface area contributed by atoms with Crippen molar-refractivity contribution in [1.29, 1.82) is 0 Å². The molecular weight excluding hydrogens is 369 g/mol. The highest BCUT2D eigenvalue weighted by Gasteiger charge is 2.28. The zero-order valence-corrected chi connectivity index (χ0v) is 16.0. The number of hydrogen-bond acceptors (Lipinski definition) is 4. The lowest BCUT2D eigenvalue weighted by Gasteiger charge is -2.32. The number of nitrogens with one attached hydrogen (secondary N) is 1. The van der Waals surface area contributed by atoms with Crippen molar-refractivity contribution in [2.24, 2.45) is 5.92 Å². The van der Waals surface area contributed by atoms with Crippen LogP contribution in [-0.4, -0.2) is 51.5 Å². The second kappa shape index (κ2) is 7.56. The molecule has 0 spiro atoms. The topological polar surface area (TPSA) is 63.1 Å². The summed E-state index contributed by atoms with van der Waals surface area (Å²) >= 11 is 5.85. The summed E-state index contributed by atoms with van der Waals surface area (Å²) in [6, 6.07) is 4.81. The molecule has 1 amide bonds. The average molecular weight is 392 g/mol. The number of halogens is 2. The van der Waals surface area contributed by atoms with Gasteiger partial charge in [-0.25, -0.2) is 9.07 Å². The number of carbonyl (C=O) groups excluding carboxylic acids is 1. The molecule has 1 aromatic heterocycles. The van der Waals surface area contributed by atoms with E-state index in [0.29, 0.717) is 23.1 Å². The number of benzene rings is 1. The summed E-state index contributed by atoms with van der Waals surface area (Å²) in [5, 5.41) is 11.8. The fourth-order valence-electron chi connectivity index (χ4n) is 3.48. The van der Waals surface area contributed by atoms with Crippen molar-refractivity contribution in [2.45, 2.75) is 38.6 Å². The Balaban J connectivity index is 1.42. The van der Waals surface area contributed by atoms with E-state index in [2.05, 4.69) is 15.6 Å². The quantitative estimate of drug-likeness (QED) is 0.851. The minimum atomic E-state index is -0.493. The molecule has 1 aliphatic heterocycles. The van der Waals surface area contributed by atoms with Crippen LogP contribution in [0.3, 0.4) is 0 Å². The summed E-state index contributed by atoms with van der Waals surface area (Å²) in [7, 11) is 0. The molecule has 2 heterocycles. The molecule has 27 heavy (non-hydrogen) atoms. The summed E-state index contributed by atoms with van der Waals surface area (Å²) in [6.45, 7) is 4.33. The molecule has 2 aromatic rings. The van der Waals surface area contributed by atoms with Crippen molar-refractivity contribution in [2.75, 3.05) is 19.6 Å². The molecule has 0 bridgehead atoms. The van der Waals surface area contributed by atoms with Crippen molar-refractivity contribution in [3.05, 3.63) is 40.4 Å². The molecule has 0 radical (unpaired) electrons. The van der Waals surface area contributed by atoms with E-state index in [9.17, 15) is 9.18 Å². The third-order valence-corrected chi connectivity index (χ3v) is 5.71. The molecule has 1 saturated heterocycles. The van der Waals surface area contributed by atoms with Gasteiger partial charge in [-0.3, -0.25) is 4.79 Å². The third-order valence-electron chi connectivity index (χ3n) is 5.42. The molecule has 8 heteroatoms. The molecule has 0 unspecified atom stereocenters. The molecule has 1 aromatic carbocycles. The summed E-state index contributed by atoms with van der Waals surface area (Å²) in [5.41, 5.74) is 1.53. The molecule has 2 fully saturated rings. The van der Waals surface area contributed by atoms with E-state index in [1.54, 1.807) is 13.0 Å². The standard InChI is InChI=1S/C19H23ClFN5O/c1-12-18(23-24-26(12)15-4-5-17(21)16(20)10-15)19(27)25-8-6-14(7-9-25)22-11-13-2-3-13/h4-5,10,13-14,22H,2-3,6-9,11H2,1H3. The van der Waals surface area contributed by atoms with Crippen molar-refractivity contribution in [3.8, 4) is 5.69 Å². The second-order valence-electron chi connectivity index (χ2n) is 7.45. The number of hydrogen-bond donors (Lipinski definition) is 1. The molecule has 1 N–H and O–H groups in total. The van der Waals surface area contributed by atoms with E-state index in [-0.39, 0.29) is 10.9 Å². The third kappa shape index (κ3) is 3.99. The van der Waals surface area contributed by atoms with Crippen LogP contribution in [0, 0.1) is 18.7 Å². The maximum absolute atomic E-state index is 13.4. The van der Waals surface area contributed by atoms with E-state index in [0.717, 1.165) is 38.4 Å². The van der Waals surface area contributed by atoms with Crippen LogP contribution in [0.5, 0.6) is 0 Å². The highest BCUT2D eigenvalue weighted by atomic mass is 35.5. The minimum Gasteiger partial charge on any atom is -0.337 e. The number of rotatable bonds is 5. The molecule has 1 aliphatic carbocycles. The molecule has 4 rings (SSSR count). The van der Waals surface area contributed by atoms with E-state index in [1.807, 2.05) is 4.90 Å². The van der Waals surface area contributed by atoms with Crippen LogP contribution >= 0.6 is 11.6 Å². The number of aromatic nitrogens is 3. The summed E-state index contributed by atoms with van der Waals surface area (Å²) in [4.78, 5) is 14.7. The lowest BCUT2D eigenvalue weighted by molar-refractivity contribution is 0.0698. The Morgan fingerprint density at radius 1 is 1.30 bits per heavy atom. The summed E-state index contributed by atoms with van der Waals surface area (Å²) in [5.74, 6) is 0.266. The van der Waals surface area contributed by atoms with Crippen molar-refractivity contribution < 1.29 is 9.18 Å². The predicted molar refractivity (Wildman–Crippen MR) is 101 cm³/mol. The largest absolute Gasteiger partial charge is 0.337 e. The van der Waals surface area contributed by atoms with Gasteiger partial charge in [0.2, 0.25) is 0 Å². The Morgan fingerprint density at radius 3 is 2.70 bits per heavy atom. The first-order valence-corrected chi connectivity index (χ1v) is 9.81. The van der Waals surface area contributed by atoms with Gasteiger partial charge in [-0.1, -0.05) is 16.8 Å². The van der Waals surface area contributed by atoms with Crippen LogP contribution in [0.15, 0.2) is 18.2 Å². The summed E-state index contributed by atoms with van der Waals surface area (Å²) in [6.07, 6.45) is 4.61. The number of carbonyl (C=O) groups is 1. The van der Waals surface area contributed by atoms with Gasteiger partial charge in [-0.2, -0.15) is 0 Å². The predicted octanol–water partition coefficient (Wildman–Crippen LogP) is 2.97. The van der Waals surface area contributed by atoms with Gasteiger partial charge in [0, 0.05) is 19.1 Å². The maximum atomic E-state index is 13.4. The Morgan fingerprint density at radius 2 is 2.04 bits per heavy atom. The van der Waals surface area contributed by atoms with Crippen LogP contribution in [0.4, 0.5) is 4.39 Å². The molecule has 2 aliphatic rings. The molecule has 144 valence electrons. The Kier molecular flexibility index (Phi) is 5.14. The van der Waals surface area contributed by atoms with Gasteiger partial charge in [0.05, 0.1) is 16.4 Å². The first-order valence-electron chi connectivity index (χ1n) is 9.43. The molecular formula is C19H23ClFN5O. The normalized spacial score (nSPS) is 18.1. The average Bonchev–Trinajstić information content (AvgIpc) is 3.43. The van der Waals surface area contributed by atoms with E-state index in [1.165, 1.54) is 29.7 Å².